The Labute approximate surface area is 204 Å². The summed E-state index contributed by atoms with van der Waals surface area (Å²) in [5, 5.41) is 3.54. The maximum absolute atomic E-state index is 14.0. The second-order valence-electron chi connectivity index (χ2n) is 8.96. The van der Waals surface area contributed by atoms with Crippen LogP contribution in [-0.2, 0) is 11.3 Å². The first-order chi connectivity index (χ1) is 16.9. The highest BCUT2D eigenvalue weighted by molar-refractivity contribution is 6.29. The van der Waals surface area contributed by atoms with Crippen LogP contribution in [0.3, 0.4) is 0 Å². The van der Waals surface area contributed by atoms with Crippen LogP contribution in [-0.4, -0.2) is 35.5 Å². The molecule has 0 fully saturated rings. The first-order valence-corrected chi connectivity index (χ1v) is 11.5. The van der Waals surface area contributed by atoms with Gasteiger partial charge in [0.05, 0.1) is 30.9 Å². The summed E-state index contributed by atoms with van der Waals surface area (Å²) in [6.07, 6.45) is 0. The highest BCUT2D eigenvalue weighted by Crippen LogP contribution is 2.43. The molecule has 2 heterocycles. The number of hydrogen-bond donors (Lipinski definition) is 2. The van der Waals surface area contributed by atoms with Crippen LogP contribution < -0.4 is 19.7 Å². The van der Waals surface area contributed by atoms with Crippen LogP contribution in [0.5, 0.6) is 11.5 Å². The lowest BCUT2D eigenvalue weighted by molar-refractivity contribution is -0.116. The number of imidazole rings is 1. The van der Waals surface area contributed by atoms with Gasteiger partial charge in [-0.3, -0.25) is 4.79 Å². The number of ketones is 1. The van der Waals surface area contributed by atoms with E-state index >= 15 is 0 Å². The fraction of sp³-hybridized carbons (Fsp3) is 0.214. The summed E-state index contributed by atoms with van der Waals surface area (Å²) in [5.74, 6) is 2.47. The smallest absolute Gasteiger partial charge is 0.195 e. The summed E-state index contributed by atoms with van der Waals surface area (Å²) in [4.78, 5) is 24.1. The number of aromatic amines is 1. The van der Waals surface area contributed by atoms with Gasteiger partial charge in [0, 0.05) is 24.7 Å². The number of anilines is 1. The van der Waals surface area contributed by atoms with Crippen molar-refractivity contribution in [3.63, 3.8) is 0 Å². The molecule has 0 atom stereocenters. The van der Waals surface area contributed by atoms with Crippen molar-refractivity contribution >= 4 is 28.1 Å². The van der Waals surface area contributed by atoms with Gasteiger partial charge in [-0.2, -0.15) is 0 Å². The van der Waals surface area contributed by atoms with Crippen molar-refractivity contribution in [1.29, 1.82) is 0 Å². The predicted octanol–water partition coefficient (Wildman–Crippen LogP) is 4.91. The van der Waals surface area contributed by atoms with Gasteiger partial charge in [0.25, 0.3) is 0 Å². The average molecular weight is 469 g/mol. The normalized spacial score (nSPS) is 15.1. The van der Waals surface area contributed by atoms with Gasteiger partial charge < -0.3 is 24.7 Å². The monoisotopic (exact) mass is 468 g/mol. The van der Waals surface area contributed by atoms with Crippen molar-refractivity contribution < 1.29 is 14.3 Å². The minimum Gasteiger partial charge on any atom is -0.497 e. The van der Waals surface area contributed by atoms with E-state index in [0.717, 1.165) is 22.3 Å². The number of H-pyrrole nitrogens is 1. The van der Waals surface area contributed by atoms with Gasteiger partial charge in [0.1, 0.15) is 34.3 Å². The Bertz CT molecular complexity index is 1370. The number of carbonyl (C=O) groups is 1. The van der Waals surface area contributed by atoms with Crippen LogP contribution in [0.2, 0.25) is 0 Å². The van der Waals surface area contributed by atoms with Crippen LogP contribution in [0.4, 0.5) is 5.69 Å². The summed E-state index contributed by atoms with van der Waals surface area (Å²) >= 11 is 0. The number of benzene rings is 3. The zero-order valence-electron chi connectivity index (χ0n) is 20.3. The Morgan fingerprint density at radius 1 is 0.943 bits per heavy atom. The van der Waals surface area contributed by atoms with Gasteiger partial charge in [-0.25, -0.2) is 4.98 Å². The molecule has 35 heavy (non-hydrogen) atoms. The van der Waals surface area contributed by atoms with E-state index in [0.29, 0.717) is 35.3 Å². The molecule has 2 N–H and O–H groups in total. The van der Waals surface area contributed by atoms with Crippen molar-refractivity contribution in [2.24, 2.45) is 0 Å². The second-order valence-corrected chi connectivity index (χ2v) is 8.96. The van der Waals surface area contributed by atoms with E-state index in [2.05, 4.69) is 22.4 Å². The molecule has 1 aromatic heterocycles. The van der Waals surface area contributed by atoms with E-state index in [-0.39, 0.29) is 5.78 Å². The minimum atomic E-state index is -0.884. The van der Waals surface area contributed by atoms with Gasteiger partial charge in [0.15, 0.2) is 5.78 Å². The van der Waals surface area contributed by atoms with Crippen LogP contribution in [0.1, 0.15) is 25.2 Å². The molecule has 0 saturated heterocycles. The van der Waals surface area contributed by atoms with Crippen molar-refractivity contribution in [2.75, 3.05) is 19.1 Å². The minimum absolute atomic E-state index is 0.0334. The molecule has 0 saturated carbocycles. The Kier molecular flexibility index (Phi) is 5.68. The van der Waals surface area contributed by atoms with E-state index in [1.54, 1.807) is 14.2 Å². The van der Waals surface area contributed by atoms with Crippen molar-refractivity contribution in [3.8, 4) is 11.5 Å². The molecule has 0 amide bonds. The van der Waals surface area contributed by atoms with Crippen molar-refractivity contribution in [3.05, 3.63) is 90.0 Å². The van der Waals surface area contributed by atoms with Crippen LogP contribution >= 0.6 is 0 Å². The fourth-order valence-corrected chi connectivity index (χ4v) is 4.52. The third kappa shape index (κ3) is 3.99. The third-order valence-corrected chi connectivity index (χ3v) is 6.33. The quantitative estimate of drug-likeness (QED) is 0.401. The van der Waals surface area contributed by atoms with Crippen LogP contribution in [0.25, 0.3) is 16.6 Å². The lowest BCUT2D eigenvalue weighted by atomic mass is 9.95. The molecule has 178 valence electrons. The maximum Gasteiger partial charge on any atom is 0.195 e. The predicted molar refractivity (Wildman–Crippen MR) is 137 cm³/mol. The number of nitrogens with zero attached hydrogens (tertiary/aromatic N) is 2. The molecule has 1 aliphatic rings. The zero-order valence-corrected chi connectivity index (χ0v) is 20.3. The third-order valence-electron chi connectivity index (χ3n) is 6.33. The van der Waals surface area contributed by atoms with E-state index in [1.165, 1.54) is 0 Å². The number of rotatable bonds is 7. The highest BCUT2D eigenvalue weighted by atomic mass is 16.5. The van der Waals surface area contributed by atoms with Gasteiger partial charge in [-0.15, -0.1) is 0 Å². The van der Waals surface area contributed by atoms with Gasteiger partial charge >= 0.3 is 0 Å². The highest BCUT2D eigenvalue weighted by Gasteiger charge is 2.48. The number of methoxy groups -OCH3 is 2. The largest absolute Gasteiger partial charge is 0.497 e. The number of fused-ring (bicyclic) bond motifs is 1. The van der Waals surface area contributed by atoms with Crippen molar-refractivity contribution in [2.45, 2.75) is 25.9 Å². The Balaban J connectivity index is 1.69. The first kappa shape index (κ1) is 22.5. The molecular weight excluding hydrogens is 440 g/mol. The molecule has 5 rings (SSSR count). The molecule has 1 aliphatic heterocycles. The van der Waals surface area contributed by atoms with Crippen LogP contribution in [0, 0.1) is 0 Å². The number of Topliss-reactive ketones (excluding diaryl/α,β-unsaturated/α-hetero) is 1. The van der Waals surface area contributed by atoms with Gasteiger partial charge in [-0.05, 0) is 31.5 Å². The average Bonchev–Trinajstić information content (AvgIpc) is 3.38. The molecule has 0 aliphatic carbocycles. The molecular formula is C28H28N4O3. The van der Waals surface area contributed by atoms with Crippen LogP contribution in [0.15, 0.2) is 78.6 Å². The molecule has 4 aromatic rings. The Morgan fingerprint density at radius 3 is 2.26 bits per heavy atom. The van der Waals surface area contributed by atoms with E-state index < -0.39 is 5.54 Å². The van der Waals surface area contributed by atoms with E-state index in [9.17, 15) is 4.79 Å². The Hall–Kier alpha value is -4.26. The second kappa shape index (κ2) is 8.83. The molecule has 7 nitrogen and oxygen atoms in total. The number of nitrogens with one attached hydrogen (secondary N) is 2. The van der Waals surface area contributed by atoms with Gasteiger partial charge in [0.2, 0.25) is 0 Å². The molecule has 0 spiro atoms. The van der Waals surface area contributed by atoms with E-state index in [1.807, 2.05) is 79.4 Å². The molecule has 0 bridgehead atoms. The lowest BCUT2D eigenvalue weighted by Crippen LogP contribution is -2.46. The first-order valence-electron chi connectivity index (χ1n) is 11.5. The Morgan fingerprint density at radius 2 is 1.60 bits per heavy atom. The molecule has 7 heteroatoms. The summed E-state index contributed by atoms with van der Waals surface area (Å²) in [6.45, 7) is 4.38. The molecule has 0 unspecified atom stereocenters. The number of aromatic nitrogens is 2. The molecule has 3 aromatic carbocycles. The lowest BCUT2D eigenvalue weighted by Gasteiger charge is -2.35. The van der Waals surface area contributed by atoms with Crippen molar-refractivity contribution in [1.82, 2.24) is 15.3 Å². The standard InChI is InChI=1S/C28H28N4O3/c1-28(2)25(33)24(26-30-22-12-8-9-13-23(22)31-26)27(29-17-18-10-6-5-7-11-18)32(28)19-14-20(34-3)16-21(15-19)35-4/h5-16,29H,17H2,1-4H3,(H,30,31). The summed E-state index contributed by atoms with van der Waals surface area (Å²) in [5.41, 5.74) is 3.20. The number of carbonyl (C=O) groups excluding carboxylic acids is 1. The topological polar surface area (TPSA) is 79.5 Å². The summed E-state index contributed by atoms with van der Waals surface area (Å²) in [6, 6.07) is 23.5. The number of hydrogen-bond acceptors (Lipinski definition) is 6. The van der Waals surface area contributed by atoms with Gasteiger partial charge in [-0.1, -0.05) is 42.5 Å². The van der Waals surface area contributed by atoms with E-state index in [4.69, 9.17) is 14.5 Å². The number of ether oxygens (including phenoxy) is 2. The molecule has 0 radical (unpaired) electrons. The zero-order chi connectivity index (χ0) is 24.6. The maximum atomic E-state index is 14.0. The number of para-hydroxylation sites is 2. The SMILES string of the molecule is COc1cc(OC)cc(N2C(NCc3ccccc3)=C(c3nc4ccccc4[nH]3)C(=O)C2(C)C)c1. The summed E-state index contributed by atoms with van der Waals surface area (Å²) < 4.78 is 11.0. The fourth-order valence-electron chi connectivity index (χ4n) is 4.52. The summed E-state index contributed by atoms with van der Waals surface area (Å²) in [7, 11) is 3.23.